The first kappa shape index (κ1) is 9.45. The lowest BCUT2D eigenvalue weighted by molar-refractivity contribution is 0.101. The molecule has 2 heterocycles. The summed E-state index contributed by atoms with van der Waals surface area (Å²) in [4.78, 5) is 11.8. The topological polar surface area (TPSA) is 73.0 Å². The molecule has 0 saturated heterocycles. The fraction of sp³-hybridized carbons (Fsp3) is 0.222. The van der Waals surface area contributed by atoms with E-state index in [2.05, 4.69) is 15.6 Å². The standard InChI is InChI=1S/C9H10N4O2/c1-6-3-15-7(2)8(6)9(14)12-13-4-10-11-5-13/h3-5H,1-2H3,(H,12,14). The third kappa shape index (κ3) is 1.74. The van der Waals surface area contributed by atoms with Gasteiger partial charge in [-0.1, -0.05) is 0 Å². The van der Waals surface area contributed by atoms with Crippen molar-refractivity contribution < 1.29 is 9.21 Å². The number of hydrogen-bond donors (Lipinski definition) is 1. The number of carbonyl (C=O) groups is 1. The molecule has 0 unspecified atom stereocenters. The van der Waals surface area contributed by atoms with Gasteiger partial charge in [0.1, 0.15) is 18.4 Å². The first-order valence-electron chi connectivity index (χ1n) is 4.39. The van der Waals surface area contributed by atoms with Crippen molar-refractivity contribution in [3.8, 4) is 0 Å². The van der Waals surface area contributed by atoms with E-state index in [4.69, 9.17) is 4.42 Å². The zero-order valence-corrected chi connectivity index (χ0v) is 8.39. The van der Waals surface area contributed by atoms with Crippen molar-refractivity contribution >= 4 is 5.91 Å². The highest BCUT2D eigenvalue weighted by Gasteiger charge is 2.15. The molecule has 78 valence electrons. The highest BCUT2D eigenvalue weighted by atomic mass is 16.3. The molecule has 0 aliphatic heterocycles. The molecule has 0 radical (unpaired) electrons. The molecule has 1 N–H and O–H groups in total. The minimum atomic E-state index is -0.237. The Morgan fingerprint density at radius 2 is 2.07 bits per heavy atom. The fourth-order valence-corrected chi connectivity index (χ4v) is 1.34. The second kappa shape index (κ2) is 3.56. The van der Waals surface area contributed by atoms with Crippen molar-refractivity contribution in [1.82, 2.24) is 14.9 Å². The van der Waals surface area contributed by atoms with E-state index in [-0.39, 0.29) is 5.91 Å². The van der Waals surface area contributed by atoms with Crippen LogP contribution in [-0.2, 0) is 0 Å². The van der Waals surface area contributed by atoms with E-state index in [9.17, 15) is 4.79 Å². The smallest absolute Gasteiger partial charge is 0.273 e. The zero-order chi connectivity index (χ0) is 10.8. The first-order valence-corrected chi connectivity index (χ1v) is 4.39. The summed E-state index contributed by atoms with van der Waals surface area (Å²) < 4.78 is 6.52. The van der Waals surface area contributed by atoms with Crippen LogP contribution in [0.4, 0.5) is 0 Å². The van der Waals surface area contributed by atoms with E-state index < -0.39 is 0 Å². The summed E-state index contributed by atoms with van der Waals surface area (Å²) in [6.07, 6.45) is 4.36. The third-order valence-corrected chi connectivity index (χ3v) is 2.04. The maximum atomic E-state index is 11.8. The lowest BCUT2D eigenvalue weighted by atomic mass is 10.1. The number of nitrogens with zero attached hydrogens (tertiary/aromatic N) is 3. The molecule has 15 heavy (non-hydrogen) atoms. The van der Waals surface area contributed by atoms with Crippen LogP contribution in [-0.4, -0.2) is 20.8 Å². The molecule has 0 aromatic carbocycles. The van der Waals surface area contributed by atoms with Gasteiger partial charge in [0.25, 0.3) is 5.91 Å². The Hall–Kier alpha value is -2.11. The summed E-state index contributed by atoms with van der Waals surface area (Å²) in [7, 11) is 0. The minimum Gasteiger partial charge on any atom is -0.469 e. The number of aryl methyl sites for hydroxylation is 2. The van der Waals surface area contributed by atoms with Crippen LogP contribution in [0, 0.1) is 13.8 Å². The molecule has 0 aliphatic rings. The summed E-state index contributed by atoms with van der Waals surface area (Å²) in [5.41, 5.74) is 3.95. The number of aromatic nitrogens is 3. The van der Waals surface area contributed by atoms with Crippen LogP contribution in [0.15, 0.2) is 23.3 Å². The second-order valence-electron chi connectivity index (χ2n) is 3.16. The van der Waals surface area contributed by atoms with E-state index >= 15 is 0 Å². The van der Waals surface area contributed by atoms with Gasteiger partial charge in [0.15, 0.2) is 0 Å². The van der Waals surface area contributed by atoms with Crippen molar-refractivity contribution in [2.45, 2.75) is 13.8 Å². The molecule has 2 aromatic rings. The fourth-order valence-electron chi connectivity index (χ4n) is 1.34. The Bertz CT molecular complexity index is 453. The maximum Gasteiger partial charge on any atom is 0.273 e. The zero-order valence-electron chi connectivity index (χ0n) is 8.39. The van der Waals surface area contributed by atoms with Crippen molar-refractivity contribution in [2.75, 3.05) is 5.43 Å². The predicted molar refractivity (Wildman–Crippen MR) is 51.9 cm³/mol. The molecule has 0 aliphatic carbocycles. The predicted octanol–water partition coefficient (Wildman–Crippen LogP) is 0.872. The summed E-state index contributed by atoms with van der Waals surface area (Å²) in [5.74, 6) is 0.358. The van der Waals surface area contributed by atoms with E-state index in [1.807, 2.05) is 6.92 Å². The molecule has 0 saturated carbocycles. The van der Waals surface area contributed by atoms with Gasteiger partial charge < -0.3 is 4.42 Å². The van der Waals surface area contributed by atoms with Crippen LogP contribution >= 0.6 is 0 Å². The molecule has 0 bridgehead atoms. The monoisotopic (exact) mass is 206 g/mol. The number of rotatable bonds is 2. The molecule has 0 spiro atoms. The van der Waals surface area contributed by atoms with E-state index in [0.29, 0.717) is 11.3 Å². The number of hydrogen-bond acceptors (Lipinski definition) is 4. The molecular formula is C9H10N4O2. The highest BCUT2D eigenvalue weighted by molar-refractivity contribution is 6.01. The van der Waals surface area contributed by atoms with Crippen LogP contribution in [0.1, 0.15) is 21.7 Å². The van der Waals surface area contributed by atoms with Crippen LogP contribution in [0.2, 0.25) is 0 Å². The largest absolute Gasteiger partial charge is 0.469 e. The molecule has 1 amide bonds. The molecule has 6 heteroatoms. The normalized spacial score (nSPS) is 10.3. The van der Waals surface area contributed by atoms with Crippen LogP contribution in [0.3, 0.4) is 0 Å². The average molecular weight is 206 g/mol. The molecule has 0 atom stereocenters. The van der Waals surface area contributed by atoms with Gasteiger partial charge in [0.2, 0.25) is 0 Å². The van der Waals surface area contributed by atoms with E-state index in [0.717, 1.165) is 5.56 Å². The van der Waals surface area contributed by atoms with Crippen molar-refractivity contribution in [3.05, 3.63) is 35.8 Å². The van der Waals surface area contributed by atoms with Crippen LogP contribution < -0.4 is 5.43 Å². The molecule has 2 aromatic heterocycles. The van der Waals surface area contributed by atoms with Gasteiger partial charge in [-0.05, 0) is 13.8 Å². The second-order valence-corrected chi connectivity index (χ2v) is 3.16. The highest BCUT2D eigenvalue weighted by Crippen LogP contribution is 2.15. The van der Waals surface area contributed by atoms with Crippen molar-refractivity contribution in [1.29, 1.82) is 0 Å². The van der Waals surface area contributed by atoms with Crippen LogP contribution in [0.5, 0.6) is 0 Å². The summed E-state index contributed by atoms with van der Waals surface area (Å²) in [6.45, 7) is 3.56. The SMILES string of the molecule is Cc1coc(C)c1C(=O)Nn1cnnc1. The Morgan fingerprint density at radius 3 is 2.60 bits per heavy atom. The first-order chi connectivity index (χ1) is 7.18. The van der Waals surface area contributed by atoms with Gasteiger partial charge in [-0.25, -0.2) is 4.68 Å². The number of furan rings is 1. The van der Waals surface area contributed by atoms with Gasteiger partial charge in [0, 0.05) is 5.56 Å². The molecule has 6 nitrogen and oxygen atoms in total. The average Bonchev–Trinajstić information content (AvgIpc) is 2.77. The van der Waals surface area contributed by atoms with Crippen molar-refractivity contribution in [3.63, 3.8) is 0 Å². The summed E-state index contributed by atoms with van der Waals surface area (Å²) >= 11 is 0. The molecular weight excluding hydrogens is 196 g/mol. The quantitative estimate of drug-likeness (QED) is 0.791. The maximum absolute atomic E-state index is 11.8. The molecule has 2 rings (SSSR count). The van der Waals surface area contributed by atoms with Gasteiger partial charge in [0.05, 0.1) is 11.8 Å². The Balaban J connectivity index is 2.22. The van der Waals surface area contributed by atoms with Gasteiger partial charge in [-0.3, -0.25) is 10.2 Å². The third-order valence-electron chi connectivity index (χ3n) is 2.04. The van der Waals surface area contributed by atoms with Gasteiger partial charge in [-0.2, -0.15) is 0 Å². The Kier molecular flexibility index (Phi) is 2.24. The lowest BCUT2D eigenvalue weighted by Crippen LogP contribution is -2.22. The van der Waals surface area contributed by atoms with Crippen molar-refractivity contribution in [2.24, 2.45) is 0 Å². The summed E-state index contributed by atoms with van der Waals surface area (Å²) in [5, 5.41) is 7.15. The van der Waals surface area contributed by atoms with Gasteiger partial charge >= 0.3 is 0 Å². The Morgan fingerprint density at radius 1 is 1.40 bits per heavy atom. The van der Waals surface area contributed by atoms with Gasteiger partial charge in [-0.15, -0.1) is 10.2 Å². The minimum absolute atomic E-state index is 0.237. The number of nitrogens with one attached hydrogen (secondary N) is 1. The summed E-state index contributed by atoms with van der Waals surface area (Å²) in [6, 6.07) is 0. The van der Waals surface area contributed by atoms with Crippen LogP contribution in [0.25, 0.3) is 0 Å². The lowest BCUT2D eigenvalue weighted by Gasteiger charge is -2.03. The Labute approximate surface area is 85.9 Å². The molecule has 0 fully saturated rings. The van der Waals surface area contributed by atoms with E-state index in [1.54, 1.807) is 13.2 Å². The number of carbonyl (C=O) groups excluding carboxylic acids is 1. The van der Waals surface area contributed by atoms with E-state index in [1.165, 1.54) is 17.3 Å². The number of amides is 1.